The van der Waals surface area contributed by atoms with Crippen molar-refractivity contribution in [2.75, 3.05) is 30.8 Å². The highest BCUT2D eigenvalue weighted by Crippen LogP contribution is 2.36. The molecule has 1 aliphatic heterocycles. The molecule has 1 atom stereocenters. The molecule has 1 unspecified atom stereocenters. The number of hydrogen-bond donors (Lipinski definition) is 0. The molecule has 1 saturated heterocycles. The van der Waals surface area contributed by atoms with E-state index in [1.807, 2.05) is 36.4 Å². The predicted octanol–water partition coefficient (Wildman–Crippen LogP) is 4.74. The van der Waals surface area contributed by atoms with Crippen LogP contribution in [-0.4, -0.2) is 44.2 Å². The van der Waals surface area contributed by atoms with Crippen LogP contribution in [-0.2, 0) is 28.1 Å². The molecule has 5 nitrogen and oxygen atoms in total. The molecule has 4 rings (SSSR count). The van der Waals surface area contributed by atoms with Crippen molar-refractivity contribution in [3.05, 3.63) is 89.7 Å². The Bertz CT molecular complexity index is 1250. The van der Waals surface area contributed by atoms with E-state index in [9.17, 15) is 21.6 Å². The Hall–Kier alpha value is -2.91. The van der Waals surface area contributed by atoms with Crippen LogP contribution in [0.25, 0.3) is 0 Å². The van der Waals surface area contributed by atoms with Gasteiger partial charge in [-0.1, -0.05) is 42.5 Å². The van der Waals surface area contributed by atoms with Crippen molar-refractivity contribution in [1.29, 1.82) is 0 Å². The van der Waals surface area contributed by atoms with Gasteiger partial charge in [-0.3, -0.25) is 9.88 Å². The fourth-order valence-electron chi connectivity index (χ4n) is 4.40. The molecule has 9 heteroatoms. The smallest absolute Gasteiger partial charge is 0.368 e. The molecule has 34 heavy (non-hydrogen) atoms. The molecule has 3 aromatic rings. The summed E-state index contributed by atoms with van der Waals surface area (Å²) in [5.41, 5.74) is 1.21. The molecule has 1 fully saturated rings. The Labute approximate surface area is 197 Å². The van der Waals surface area contributed by atoms with Gasteiger partial charge in [0, 0.05) is 44.3 Å². The molecule has 0 saturated carbocycles. The van der Waals surface area contributed by atoms with Gasteiger partial charge in [0.05, 0.1) is 10.4 Å². The Morgan fingerprint density at radius 3 is 2.35 bits per heavy atom. The van der Waals surface area contributed by atoms with Crippen molar-refractivity contribution in [2.24, 2.45) is 0 Å². The average molecular weight is 490 g/mol. The van der Waals surface area contributed by atoms with E-state index >= 15 is 0 Å². The lowest BCUT2D eigenvalue weighted by atomic mass is 9.86. The van der Waals surface area contributed by atoms with E-state index in [1.165, 1.54) is 18.5 Å². The summed E-state index contributed by atoms with van der Waals surface area (Å²) < 4.78 is 62.8. The van der Waals surface area contributed by atoms with E-state index < -0.39 is 27.2 Å². The molecular formula is C25H26F3N3O2S. The molecule has 0 bridgehead atoms. The third-order valence-corrected chi connectivity index (χ3v) is 7.44. The second-order valence-electron chi connectivity index (χ2n) is 8.80. The number of anilines is 1. The van der Waals surface area contributed by atoms with Crippen molar-refractivity contribution in [2.45, 2.75) is 30.1 Å². The lowest BCUT2D eigenvalue weighted by Gasteiger charge is -2.50. The van der Waals surface area contributed by atoms with Gasteiger partial charge in [0.1, 0.15) is 5.69 Å². The van der Waals surface area contributed by atoms with E-state index in [1.54, 1.807) is 18.2 Å². The predicted molar refractivity (Wildman–Crippen MR) is 125 cm³/mol. The number of alkyl halides is 3. The summed E-state index contributed by atoms with van der Waals surface area (Å²) in [7, 11) is -3.33. The molecule has 0 aliphatic carbocycles. The van der Waals surface area contributed by atoms with Crippen LogP contribution < -0.4 is 4.90 Å². The minimum atomic E-state index is -4.47. The molecule has 1 aliphatic rings. The summed E-state index contributed by atoms with van der Waals surface area (Å²) in [4.78, 5) is 8.28. The zero-order chi connectivity index (χ0) is 24.6. The number of pyridine rings is 1. The van der Waals surface area contributed by atoms with Crippen LogP contribution in [0.4, 0.5) is 18.9 Å². The van der Waals surface area contributed by atoms with Crippen LogP contribution in [0.5, 0.6) is 0 Å². The average Bonchev–Trinajstić information content (AvgIpc) is 2.80. The molecule has 0 radical (unpaired) electrons. The van der Waals surface area contributed by atoms with Gasteiger partial charge in [-0.15, -0.1) is 0 Å². The summed E-state index contributed by atoms with van der Waals surface area (Å²) in [5.74, 6) is 0. The lowest BCUT2D eigenvalue weighted by molar-refractivity contribution is -0.141. The monoisotopic (exact) mass is 489 g/mol. The molecule has 2 heterocycles. The first-order valence-corrected chi connectivity index (χ1v) is 12.7. The molecule has 0 spiro atoms. The Morgan fingerprint density at radius 2 is 1.74 bits per heavy atom. The van der Waals surface area contributed by atoms with Crippen LogP contribution >= 0.6 is 0 Å². The van der Waals surface area contributed by atoms with E-state index in [-0.39, 0.29) is 4.90 Å². The Morgan fingerprint density at radius 1 is 1.00 bits per heavy atom. The maximum atomic E-state index is 12.9. The highest BCUT2D eigenvalue weighted by molar-refractivity contribution is 7.90. The lowest BCUT2D eigenvalue weighted by Crippen LogP contribution is -2.58. The van der Waals surface area contributed by atoms with E-state index in [0.717, 1.165) is 17.3 Å². The standard InChI is InChI=1S/C25H26F3N3O2S/c1-24(20-7-4-3-5-8-20)18-30(21-9-6-10-22(15-21)34(2,32)33)13-14-31(24)17-19-11-12-23(29-16-19)25(26,27)28/h3-12,15-16H,13-14,17-18H2,1-2H3. The quantitative estimate of drug-likeness (QED) is 0.518. The van der Waals surface area contributed by atoms with Crippen molar-refractivity contribution in [1.82, 2.24) is 9.88 Å². The van der Waals surface area contributed by atoms with Crippen molar-refractivity contribution in [3.63, 3.8) is 0 Å². The number of benzene rings is 2. The molecule has 0 amide bonds. The zero-order valence-electron chi connectivity index (χ0n) is 19.0. The van der Waals surface area contributed by atoms with E-state index in [0.29, 0.717) is 31.7 Å². The number of sulfone groups is 1. The highest BCUT2D eigenvalue weighted by Gasteiger charge is 2.39. The summed E-state index contributed by atoms with van der Waals surface area (Å²) in [6.45, 7) is 4.40. The number of rotatable bonds is 5. The first kappa shape index (κ1) is 24.2. The molecule has 180 valence electrons. The fourth-order valence-corrected chi connectivity index (χ4v) is 5.06. The van der Waals surface area contributed by atoms with Crippen LogP contribution in [0, 0.1) is 0 Å². The van der Waals surface area contributed by atoms with Gasteiger partial charge in [-0.05, 0) is 42.3 Å². The van der Waals surface area contributed by atoms with Gasteiger partial charge in [0.25, 0.3) is 0 Å². The topological polar surface area (TPSA) is 53.5 Å². The van der Waals surface area contributed by atoms with Crippen LogP contribution in [0.15, 0.2) is 77.8 Å². The first-order valence-electron chi connectivity index (χ1n) is 10.8. The van der Waals surface area contributed by atoms with Gasteiger partial charge in [-0.2, -0.15) is 13.2 Å². The number of halogens is 3. The third-order valence-electron chi connectivity index (χ3n) is 6.33. The summed E-state index contributed by atoms with van der Waals surface area (Å²) >= 11 is 0. The van der Waals surface area contributed by atoms with Gasteiger partial charge in [0.15, 0.2) is 9.84 Å². The van der Waals surface area contributed by atoms with Gasteiger partial charge in [-0.25, -0.2) is 8.42 Å². The second-order valence-corrected chi connectivity index (χ2v) is 10.8. The SMILES string of the molecule is CC1(c2ccccc2)CN(c2cccc(S(C)(=O)=O)c2)CCN1Cc1ccc(C(F)(F)F)nc1. The minimum absolute atomic E-state index is 0.268. The van der Waals surface area contributed by atoms with Crippen molar-refractivity contribution < 1.29 is 21.6 Å². The minimum Gasteiger partial charge on any atom is -0.368 e. The number of hydrogen-bond acceptors (Lipinski definition) is 5. The van der Waals surface area contributed by atoms with E-state index in [2.05, 4.69) is 21.7 Å². The van der Waals surface area contributed by atoms with E-state index in [4.69, 9.17) is 0 Å². The maximum Gasteiger partial charge on any atom is 0.433 e. The molecule has 2 aromatic carbocycles. The van der Waals surface area contributed by atoms with Crippen LogP contribution in [0.2, 0.25) is 0 Å². The summed E-state index contributed by atoms with van der Waals surface area (Å²) in [6.07, 6.45) is -1.99. The van der Waals surface area contributed by atoms with Gasteiger partial charge >= 0.3 is 6.18 Å². The van der Waals surface area contributed by atoms with Crippen molar-refractivity contribution in [3.8, 4) is 0 Å². The van der Waals surface area contributed by atoms with Crippen LogP contribution in [0.1, 0.15) is 23.7 Å². The zero-order valence-corrected chi connectivity index (χ0v) is 19.8. The molecule has 0 N–H and O–H groups in total. The summed E-state index contributed by atoms with van der Waals surface area (Å²) in [6, 6.07) is 19.3. The van der Waals surface area contributed by atoms with Gasteiger partial charge < -0.3 is 4.90 Å². The molecule has 1 aromatic heterocycles. The van der Waals surface area contributed by atoms with Crippen molar-refractivity contribution >= 4 is 15.5 Å². The third kappa shape index (κ3) is 5.10. The van der Waals surface area contributed by atoms with Gasteiger partial charge in [0.2, 0.25) is 0 Å². The maximum absolute atomic E-state index is 12.9. The fraction of sp³-hybridized carbons (Fsp3) is 0.320. The Balaban J connectivity index is 1.64. The summed E-state index contributed by atoms with van der Waals surface area (Å²) in [5, 5.41) is 0. The molecular weight excluding hydrogens is 463 g/mol. The normalized spacial score (nSPS) is 19.9. The number of nitrogens with zero attached hydrogens (tertiary/aromatic N) is 3. The number of piperazine rings is 1. The largest absolute Gasteiger partial charge is 0.433 e. The first-order chi connectivity index (χ1) is 16.0. The Kier molecular flexibility index (Phi) is 6.44. The second kappa shape index (κ2) is 9.03. The van der Waals surface area contributed by atoms with Crippen LogP contribution in [0.3, 0.4) is 0 Å². The highest BCUT2D eigenvalue weighted by atomic mass is 32.2. The number of aromatic nitrogens is 1.